The Hall–Kier alpha value is -1.31. The van der Waals surface area contributed by atoms with Crippen molar-refractivity contribution in [2.75, 3.05) is 0 Å². The molecule has 2 nitrogen and oxygen atoms in total. The molecule has 0 heterocycles. The zero-order valence-electron chi connectivity index (χ0n) is 9.12. The summed E-state index contributed by atoms with van der Waals surface area (Å²) < 4.78 is 0. The second-order valence-corrected chi connectivity index (χ2v) is 4.31. The van der Waals surface area contributed by atoms with E-state index >= 15 is 0 Å². The lowest BCUT2D eigenvalue weighted by molar-refractivity contribution is 0.0999. The standard InChI is InChI=1S/C13H17NO/c1-2-3-11-8-10(9-4-5-9)6-7-12(11)13(14)15/h6-9H,2-5H2,1H3,(H2,14,15). The van der Waals surface area contributed by atoms with Crippen molar-refractivity contribution < 1.29 is 4.79 Å². The SMILES string of the molecule is CCCc1cc(C2CC2)ccc1C(N)=O. The largest absolute Gasteiger partial charge is 0.366 e. The van der Waals surface area contributed by atoms with Gasteiger partial charge in [0.1, 0.15) is 0 Å². The zero-order chi connectivity index (χ0) is 10.8. The second-order valence-electron chi connectivity index (χ2n) is 4.31. The fourth-order valence-corrected chi connectivity index (χ4v) is 2.00. The van der Waals surface area contributed by atoms with Crippen molar-refractivity contribution in [1.82, 2.24) is 0 Å². The van der Waals surface area contributed by atoms with Gasteiger partial charge in [-0.1, -0.05) is 25.5 Å². The zero-order valence-corrected chi connectivity index (χ0v) is 9.12. The topological polar surface area (TPSA) is 43.1 Å². The van der Waals surface area contributed by atoms with E-state index in [-0.39, 0.29) is 5.91 Å². The summed E-state index contributed by atoms with van der Waals surface area (Å²) in [6.45, 7) is 2.12. The number of amides is 1. The van der Waals surface area contributed by atoms with Gasteiger partial charge in [-0.3, -0.25) is 4.79 Å². The van der Waals surface area contributed by atoms with Crippen LogP contribution >= 0.6 is 0 Å². The normalized spacial score (nSPS) is 15.3. The van der Waals surface area contributed by atoms with E-state index in [1.165, 1.54) is 18.4 Å². The molecule has 0 unspecified atom stereocenters. The monoisotopic (exact) mass is 203 g/mol. The maximum absolute atomic E-state index is 11.2. The maximum atomic E-state index is 11.2. The Bertz CT molecular complexity index is 380. The van der Waals surface area contributed by atoms with Gasteiger partial charge in [-0.05, 0) is 42.4 Å². The summed E-state index contributed by atoms with van der Waals surface area (Å²) in [6.07, 6.45) is 4.58. The average Bonchev–Trinajstić information content (AvgIpc) is 3.01. The van der Waals surface area contributed by atoms with Crippen LogP contribution in [0.15, 0.2) is 18.2 Å². The number of primary amides is 1. The molecule has 1 aromatic rings. The van der Waals surface area contributed by atoms with Gasteiger partial charge in [0, 0.05) is 5.56 Å². The highest BCUT2D eigenvalue weighted by atomic mass is 16.1. The molecule has 1 aliphatic rings. The van der Waals surface area contributed by atoms with Crippen LogP contribution in [-0.2, 0) is 6.42 Å². The van der Waals surface area contributed by atoms with Crippen LogP contribution in [0.5, 0.6) is 0 Å². The minimum Gasteiger partial charge on any atom is -0.366 e. The molecule has 0 aromatic heterocycles. The average molecular weight is 203 g/mol. The van der Waals surface area contributed by atoms with Gasteiger partial charge in [-0.2, -0.15) is 0 Å². The van der Waals surface area contributed by atoms with E-state index < -0.39 is 0 Å². The number of nitrogens with two attached hydrogens (primary N) is 1. The third kappa shape index (κ3) is 2.20. The van der Waals surface area contributed by atoms with Crippen LogP contribution in [0.25, 0.3) is 0 Å². The molecule has 0 spiro atoms. The van der Waals surface area contributed by atoms with Gasteiger partial charge in [0.15, 0.2) is 0 Å². The molecule has 0 aliphatic heterocycles. The Morgan fingerprint density at radius 3 is 2.73 bits per heavy atom. The van der Waals surface area contributed by atoms with Crippen molar-refractivity contribution in [3.63, 3.8) is 0 Å². The molecule has 1 fully saturated rings. The summed E-state index contributed by atoms with van der Waals surface area (Å²) in [4.78, 5) is 11.2. The second kappa shape index (κ2) is 4.05. The van der Waals surface area contributed by atoms with Gasteiger partial charge in [0.05, 0.1) is 0 Å². The van der Waals surface area contributed by atoms with Crippen LogP contribution in [0.4, 0.5) is 0 Å². The molecule has 1 saturated carbocycles. The lowest BCUT2D eigenvalue weighted by Gasteiger charge is -2.08. The predicted molar refractivity (Wildman–Crippen MR) is 60.9 cm³/mol. The van der Waals surface area contributed by atoms with Gasteiger partial charge in [-0.25, -0.2) is 0 Å². The van der Waals surface area contributed by atoms with E-state index in [0.29, 0.717) is 5.56 Å². The smallest absolute Gasteiger partial charge is 0.248 e. The Morgan fingerprint density at radius 1 is 1.47 bits per heavy atom. The van der Waals surface area contributed by atoms with Crippen LogP contribution in [-0.4, -0.2) is 5.91 Å². The Labute approximate surface area is 90.5 Å². The molecule has 80 valence electrons. The number of aryl methyl sites for hydroxylation is 1. The number of carbonyl (C=O) groups is 1. The van der Waals surface area contributed by atoms with E-state index in [2.05, 4.69) is 19.1 Å². The number of rotatable bonds is 4. The lowest BCUT2D eigenvalue weighted by atomic mass is 9.98. The summed E-state index contributed by atoms with van der Waals surface area (Å²) in [5.41, 5.74) is 8.54. The Morgan fingerprint density at radius 2 is 2.20 bits per heavy atom. The van der Waals surface area contributed by atoms with Crippen molar-refractivity contribution in [2.24, 2.45) is 5.73 Å². The first-order valence-electron chi connectivity index (χ1n) is 5.65. The molecule has 0 radical (unpaired) electrons. The molecule has 15 heavy (non-hydrogen) atoms. The van der Waals surface area contributed by atoms with Gasteiger partial charge >= 0.3 is 0 Å². The van der Waals surface area contributed by atoms with Crippen molar-refractivity contribution in [3.05, 3.63) is 34.9 Å². The van der Waals surface area contributed by atoms with E-state index in [1.54, 1.807) is 0 Å². The molecule has 1 aromatic carbocycles. The highest BCUT2D eigenvalue weighted by molar-refractivity contribution is 5.94. The molecular weight excluding hydrogens is 186 g/mol. The van der Waals surface area contributed by atoms with Crippen LogP contribution < -0.4 is 5.73 Å². The Kier molecular flexibility index (Phi) is 2.76. The number of hydrogen-bond donors (Lipinski definition) is 1. The lowest BCUT2D eigenvalue weighted by Crippen LogP contribution is -2.14. The number of carbonyl (C=O) groups excluding carboxylic acids is 1. The van der Waals surface area contributed by atoms with Gasteiger partial charge in [0.25, 0.3) is 0 Å². The van der Waals surface area contributed by atoms with Crippen molar-refractivity contribution in [2.45, 2.75) is 38.5 Å². The fraction of sp³-hybridized carbons (Fsp3) is 0.462. The minimum absolute atomic E-state index is 0.305. The third-order valence-corrected chi connectivity index (χ3v) is 2.96. The first kappa shape index (κ1) is 10.2. The minimum atomic E-state index is -0.305. The van der Waals surface area contributed by atoms with Crippen LogP contribution in [0.3, 0.4) is 0 Å². The maximum Gasteiger partial charge on any atom is 0.248 e. The molecule has 2 rings (SSSR count). The molecule has 1 aliphatic carbocycles. The molecule has 0 saturated heterocycles. The van der Waals surface area contributed by atoms with Crippen molar-refractivity contribution >= 4 is 5.91 Å². The van der Waals surface area contributed by atoms with Crippen LogP contribution in [0.2, 0.25) is 0 Å². The Balaban J connectivity index is 2.34. The van der Waals surface area contributed by atoms with Crippen molar-refractivity contribution in [1.29, 1.82) is 0 Å². The highest BCUT2D eigenvalue weighted by Crippen LogP contribution is 2.40. The predicted octanol–water partition coefficient (Wildman–Crippen LogP) is 2.62. The van der Waals surface area contributed by atoms with Crippen molar-refractivity contribution in [3.8, 4) is 0 Å². The molecule has 2 N–H and O–H groups in total. The first-order chi connectivity index (χ1) is 7.22. The van der Waals surface area contributed by atoms with E-state index in [4.69, 9.17) is 5.73 Å². The number of benzene rings is 1. The van der Waals surface area contributed by atoms with Gasteiger partial charge in [0.2, 0.25) is 5.91 Å². The van der Waals surface area contributed by atoms with Gasteiger partial charge < -0.3 is 5.73 Å². The molecule has 0 bridgehead atoms. The summed E-state index contributed by atoms with van der Waals surface area (Å²) in [5, 5.41) is 0. The summed E-state index contributed by atoms with van der Waals surface area (Å²) in [6, 6.07) is 6.11. The molecule has 1 amide bonds. The quantitative estimate of drug-likeness (QED) is 0.803. The third-order valence-electron chi connectivity index (χ3n) is 2.96. The molecular formula is C13H17NO. The van der Waals surface area contributed by atoms with E-state index in [1.807, 2.05) is 6.07 Å². The summed E-state index contributed by atoms with van der Waals surface area (Å²) in [5.74, 6) is 0.434. The number of hydrogen-bond acceptors (Lipinski definition) is 1. The summed E-state index contributed by atoms with van der Waals surface area (Å²) in [7, 11) is 0. The highest BCUT2D eigenvalue weighted by Gasteiger charge is 2.24. The molecule has 2 heteroatoms. The van der Waals surface area contributed by atoms with E-state index in [0.717, 1.165) is 24.3 Å². The van der Waals surface area contributed by atoms with Crippen LogP contribution in [0, 0.1) is 0 Å². The molecule has 0 atom stereocenters. The van der Waals surface area contributed by atoms with E-state index in [9.17, 15) is 4.79 Å². The fourth-order valence-electron chi connectivity index (χ4n) is 2.00. The van der Waals surface area contributed by atoms with Gasteiger partial charge in [-0.15, -0.1) is 0 Å². The first-order valence-corrected chi connectivity index (χ1v) is 5.65. The summed E-state index contributed by atoms with van der Waals surface area (Å²) >= 11 is 0. The van der Waals surface area contributed by atoms with Crippen LogP contribution in [0.1, 0.15) is 53.6 Å².